The summed E-state index contributed by atoms with van der Waals surface area (Å²) < 4.78 is 76.3. The number of rotatable bonds is 9. The number of hydrogen-bond donors (Lipinski definition) is 2. The quantitative estimate of drug-likeness (QED) is 0.192. The molecule has 0 radical (unpaired) electrons. The fraction of sp³-hybridized carbons (Fsp3) is 0.333. The highest BCUT2D eigenvalue weighted by atomic mass is 32.2. The van der Waals surface area contributed by atoms with E-state index in [0.717, 1.165) is 42.8 Å². The van der Waals surface area contributed by atoms with Gasteiger partial charge in [0, 0.05) is 29.0 Å². The van der Waals surface area contributed by atoms with Crippen molar-refractivity contribution in [1.82, 2.24) is 4.72 Å². The van der Waals surface area contributed by atoms with Gasteiger partial charge in [0.15, 0.2) is 0 Å². The van der Waals surface area contributed by atoms with Gasteiger partial charge in [-0.2, -0.15) is 0 Å². The fourth-order valence-electron chi connectivity index (χ4n) is 6.59. The highest BCUT2D eigenvalue weighted by molar-refractivity contribution is 7.91. The molecule has 0 bridgehead atoms. The summed E-state index contributed by atoms with van der Waals surface area (Å²) in [6.45, 7) is -0.0427. The Kier molecular flexibility index (Phi) is 9.86. The number of aliphatic hydroxyl groups is 1. The Balaban J connectivity index is 1.36. The molecule has 4 aromatic rings. The zero-order chi connectivity index (χ0) is 33.9. The summed E-state index contributed by atoms with van der Waals surface area (Å²) in [6.07, 6.45) is -2.15. The van der Waals surface area contributed by atoms with Gasteiger partial charge >= 0.3 is 6.36 Å². The van der Waals surface area contributed by atoms with Crippen LogP contribution in [0, 0.1) is 0 Å². The first-order chi connectivity index (χ1) is 23.1. The molecule has 1 fully saturated rings. The van der Waals surface area contributed by atoms with Crippen LogP contribution in [0.1, 0.15) is 36.0 Å². The van der Waals surface area contributed by atoms with Gasteiger partial charge in [-0.3, -0.25) is 0 Å². The standard InChI is InChI=1S/C36H38F3N3O5S/c1-45-28-17-16-26(34(22-28)46-2)23-40-48(44,29-20-18-27(19-21-29)47-36(37,38)39)41-30-10-7-13-33(35(30)43)42-31-11-5-3-8-24(31)14-15-25-9-4-6-12-32(25)42/h3-6,8-9,11-12,16-22,30,33,35,43H,7,10,13-15,23H2,1-2H3,(H,40,41,44)/t30-,33+,35+,48?/m0/s1. The van der Waals surface area contributed by atoms with E-state index < -0.39 is 34.2 Å². The average molecular weight is 682 g/mol. The summed E-state index contributed by atoms with van der Waals surface area (Å²) in [6, 6.07) is 25.4. The summed E-state index contributed by atoms with van der Waals surface area (Å²) in [5.41, 5.74) is 5.06. The number of benzene rings is 4. The van der Waals surface area contributed by atoms with Crippen molar-refractivity contribution >= 4 is 21.3 Å². The van der Waals surface area contributed by atoms with E-state index in [1.807, 2.05) is 24.3 Å². The van der Waals surface area contributed by atoms with Crippen LogP contribution in [0.5, 0.6) is 17.2 Å². The van der Waals surface area contributed by atoms with Crippen molar-refractivity contribution < 1.29 is 36.7 Å². The molecule has 254 valence electrons. The van der Waals surface area contributed by atoms with Gasteiger partial charge in [-0.1, -0.05) is 36.4 Å². The van der Waals surface area contributed by atoms with E-state index in [0.29, 0.717) is 29.9 Å². The zero-order valence-corrected chi connectivity index (χ0v) is 27.5. The Morgan fingerprint density at radius 2 is 1.50 bits per heavy atom. The van der Waals surface area contributed by atoms with Crippen LogP contribution in [0.2, 0.25) is 0 Å². The summed E-state index contributed by atoms with van der Waals surface area (Å²) >= 11 is 0. The van der Waals surface area contributed by atoms with Crippen LogP contribution in [0.4, 0.5) is 24.5 Å². The van der Waals surface area contributed by atoms with E-state index >= 15 is 0 Å². The zero-order valence-electron chi connectivity index (χ0n) is 26.7. The molecule has 1 saturated carbocycles. The lowest BCUT2D eigenvalue weighted by Crippen LogP contribution is -2.55. The van der Waals surface area contributed by atoms with Crippen LogP contribution in [0.15, 0.2) is 100 Å². The Hall–Kier alpha value is -4.26. The van der Waals surface area contributed by atoms with E-state index in [-0.39, 0.29) is 17.5 Å². The number of nitrogens with zero attached hydrogens (tertiary/aromatic N) is 2. The molecule has 6 rings (SSSR count). The van der Waals surface area contributed by atoms with Gasteiger partial charge < -0.3 is 24.2 Å². The number of aliphatic hydroxyl groups excluding tert-OH is 1. The number of ether oxygens (including phenoxy) is 3. The lowest BCUT2D eigenvalue weighted by Gasteiger charge is -2.43. The second-order valence-corrected chi connectivity index (χ2v) is 13.9. The number of nitrogens with one attached hydrogen (secondary N) is 1. The highest BCUT2D eigenvalue weighted by Gasteiger charge is 2.40. The Bertz CT molecular complexity index is 1810. The van der Waals surface area contributed by atoms with E-state index in [1.54, 1.807) is 18.2 Å². The molecule has 2 N–H and O–H groups in total. The van der Waals surface area contributed by atoms with Crippen molar-refractivity contribution in [2.45, 2.75) is 68.1 Å². The Morgan fingerprint density at radius 1 is 0.875 bits per heavy atom. The SMILES string of the molecule is COc1ccc(CN=S(=O)(N[C@H]2CCC[C@@H](N3c4ccccc4CCc4ccccc43)[C@@H]2O)c2ccc(OC(F)(F)F)cc2)c(OC)c1. The molecule has 1 aliphatic carbocycles. The lowest BCUT2D eigenvalue weighted by molar-refractivity contribution is -0.274. The number of methoxy groups -OCH3 is 2. The van der Waals surface area contributed by atoms with Crippen molar-refractivity contribution in [2.75, 3.05) is 19.1 Å². The molecule has 4 aromatic carbocycles. The number of hydrogen-bond acceptors (Lipinski definition) is 7. The predicted octanol–water partition coefficient (Wildman–Crippen LogP) is 7.35. The van der Waals surface area contributed by atoms with Crippen LogP contribution < -0.4 is 23.8 Å². The van der Waals surface area contributed by atoms with Crippen LogP contribution in [-0.4, -0.2) is 48.1 Å². The van der Waals surface area contributed by atoms with Gasteiger partial charge in [0.2, 0.25) is 0 Å². The topological polar surface area (TPSA) is 92.6 Å². The molecule has 0 aromatic heterocycles. The maximum atomic E-state index is 14.9. The van der Waals surface area contributed by atoms with E-state index in [4.69, 9.17) is 9.47 Å². The van der Waals surface area contributed by atoms with Gasteiger partial charge in [-0.15, -0.1) is 13.2 Å². The molecule has 8 nitrogen and oxygen atoms in total. The number of aryl methyl sites for hydroxylation is 2. The molecule has 48 heavy (non-hydrogen) atoms. The summed E-state index contributed by atoms with van der Waals surface area (Å²) in [4.78, 5) is 2.38. The molecule has 1 aliphatic heterocycles. The molecule has 1 heterocycles. The fourth-order valence-corrected chi connectivity index (χ4v) is 8.44. The monoisotopic (exact) mass is 681 g/mol. The number of para-hydroxylation sites is 2. The summed E-state index contributed by atoms with van der Waals surface area (Å²) in [5, 5.41) is 12.1. The minimum atomic E-state index is -4.87. The Morgan fingerprint density at radius 3 is 2.10 bits per heavy atom. The van der Waals surface area contributed by atoms with Gasteiger partial charge in [0.05, 0.1) is 37.8 Å². The van der Waals surface area contributed by atoms with Crippen LogP contribution in [0.25, 0.3) is 0 Å². The van der Waals surface area contributed by atoms with Gasteiger partial charge in [-0.05, 0) is 91.8 Å². The second-order valence-electron chi connectivity index (χ2n) is 11.9. The molecule has 0 amide bonds. The minimum Gasteiger partial charge on any atom is -0.497 e. The maximum absolute atomic E-state index is 14.9. The second kappa shape index (κ2) is 14.1. The third kappa shape index (κ3) is 7.25. The van der Waals surface area contributed by atoms with Crippen LogP contribution in [-0.2, 0) is 29.3 Å². The predicted molar refractivity (Wildman–Crippen MR) is 178 cm³/mol. The van der Waals surface area contributed by atoms with Crippen molar-refractivity contribution in [2.24, 2.45) is 4.36 Å². The minimum absolute atomic E-state index is 0.0427. The van der Waals surface area contributed by atoms with Gasteiger partial charge in [0.1, 0.15) is 27.2 Å². The van der Waals surface area contributed by atoms with Crippen molar-refractivity contribution in [3.63, 3.8) is 0 Å². The van der Waals surface area contributed by atoms with Crippen molar-refractivity contribution in [1.29, 1.82) is 0 Å². The maximum Gasteiger partial charge on any atom is 0.573 e. The largest absolute Gasteiger partial charge is 0.573 e. The number of fused-ring (bicyclic) bond motifs is 2. The van der Waals surface area contributed by atoms with Crippen molar-refractivity contribution in [3.8, 4) is 17.2 Å². The van der Waals surface area contributed by atoms with Gasteiger partial charge in [0.25, 0.3) is 0 Å². The van der Waals surface area contributed by atoms with E-state index in [9.17, 15) is 22.5 Å². The van der Waals surface area contributed by atoms with Crippen LogP contribution in [0.3, 0.4) is 0 Å². The first-order valence-corrected chi connectivity index (χ1v) is 17.3. The summed E-state index contributed by atoms with van der Waals surface area (Å²) in [5.74, 6) is 0.605. The molecule has 0 saturated heterocycles. The van der Waals surface area contributed by atoms with Gasteiger partial charge in [-0.25, -0.2) is 13.3 Å². The molecule has 1 unspecified atom stereocenters. The first kappa shape index (κ1) is 33.6. The molecule has 2 aliphatic rings. The van der Waals surface area contributed by atoms with E-state index in [2.05, 4.69) is 43.0 Å². The molecular weight excluding hydrogens is 643 g/mol. The first-order valence-electron chi connectivity index (χ1n) is 15.8. The third-order valence-electron chi connectivity index (χ3n) is 8.92. The molecule has 4 atom stereocenters. The number of alkyl halides is 3. The average Bonchev–Trinajstić information content (AvgIpc) is 3.25. The lowest BCUT2D eigenvalue weighted by atomic mass is 9.86. The Labute approximate surface area is 278 Å². The molecular formula is C36H38F3N3O5S. The smallest absolute Gasteiger partial charge is 0.497 e. The van der Waals surface area contributed by atoms with Crippen LogP contribution >= 0.6 is 0 Å². The number of halogens is 3. The molecule has 0 spiro atoms. The highest BCUT2D eigenvalue weighted by Crippen LogP contribution is 2.41. The molecule has 12 heteroatoms. The van der Waals surface area contributed by atoms with Crippen molar-refractivity contribution in [3.05, 3.63) is 108 Å². The van der Waals surface area contributed by atoms with E-state index in [1.165, 1.54) is 37.5 Å². The number of anilines is 2. The normalized spacial score (nSPS) is 20.5. The summed E-state index contributed by atoms with van der Waals surface area (Å²) in [7, 11) is -0.469. The third-order valence-corrected chi connectivity index (χ3v) is 10.9.